The van der Waals surface area contributed by atoms with Crippen LogP contribution in [0.3, 0.4) is 0 Å². The van der Waals surface area contributed by atoms with Crippen molar-refractivity contribution < 1.29 is 18.3 Å². The minimum absolute atomic E-state index is 0.144. The highest BCUT2D eigenvalue weighted by Gasteiger charge is 2.44. The number of nitrogens with one attached hydrogen (secondary N) is 1. The Labute approximate surface area is 255 Å². The van der Waals surface area contributed by atoms with Gasteiger partial charge in [-0.3, -0.25) is 4.79 Å². The Bertz CT molecular complexity index is 1520. The van der Waals surface area contributed by atoms with E-state index in [2.05, 4.69) is 34.5 Å². The molecule has 3 aliphatic rings. The first kappa shape index (κ1) is 29.2. The van der Waals surface area contributed by atoms with E-state index in [9.17, 15) is 13.6 Å². The first-order chi connectivity index (χ1) is 20.3. The minimum Gasteiger partial charge on any atom is -0.489 e. The Hall–Kier alpha value is -2.93. The van der Waals surface area contributed by atoms with Crippen molar-refractivity contribution in [1.29, 1.82) is 0 Å². The summed E-state index contributed by atoms with van der Waals surface area (Å²) in [5.74, 6) is -0.846. The first-order valence-corrected chi connectivity index (χ1v) is 15.4. The lowest BCUT2D eigenvalue weighted by atomic mass is 9.93. The van der Waals surface area contributed by atoms with Crippen LogP contribution in [0, 0.1) is 30.4 Å². The van der Waals surface area contributed by atoms with Gasteiger partial charge in [-0.25, -0.2) is 8.78 Å². The van der Waals surface area contributed by atoms with Gasteiger partial charge in [0.2, 0.25) is 0 Å². The Balaban J connectivity index is 1.18. The van der Waals surface area contributed by atoms with Crippen molar-refractivity contribution in [1.82, 2.24) is 10.2 Å². The van der Waals surface area contributed by atoms with Gasteiger partial charge in [-0.1, -0.05) is 65.7 Å². The van der Waals surface area contributed by atoms with E-state index in [-0.39, 0.29) is 35.2 Å². The fourth-order valence-electron chi connectivity index (χ4n) is 6.33. The zero-order valence-electron chi connectivity index (χ0n) is 23.6. The number of carbonyl (C=O) groups is 1. The van der Waals surface area contributed by atoms with Crippen LogP contribution in [0.2, 0.25) is 10.0 Å². The van der Waals surface area contributed by atoms with Gasteiger partial charge in [0.05, 0.1) is 6.61 Å². The zero-order chi connectivity index (χ0) is 29.4. The Morgan fingerprint density at radius 2 is 1.76 bits per heavy atom. The Morgan fingerprint density at radius 3 is 2.52 bits per heavy atom. The third kappa shape index (κ3) is 5.95. The lowest BCUT2D eigenvalue weighted by Crippen LogP contribution is -2.36. The summed E-state index contributed by atoms with van der Waals surface area (Å²) in [4.78, 5) is 16.4. The fourth-order valence-corrected chi connectivity index (χ4v) is 6.72. The fraction of sp³-hybridized carbons (Fsp3) is 0.382. The van der Waals surface area contributed by atoms with Crippen LogP contribution in [0.4, 0.5) is 8.78 Å². The van der Waals surface area contributed by atoms with Crippen molar-refractivity contribution in [2.45, 2.75) is 51.6 Å². The van der Waals surface area contributed by atoms with E-state index in [0.29, 0.717) is 25.3 Å². The molecule has 4 nitrogen and oxygen atoms in total. The number of rotatable bonds is 10. The first-order valence-electron chi connectivity index (χ1n) is 14.7. The molecule has 42 heavy (non-hydrogen) atoms. The van der Waals surface area contributed by atoms with Crippen LogP contribution >= 0.6 is 23.2 Å². The summed E-state index contributed by atoms with van der Waals surface area (Å²) in [6, 6.07) is 16.7. The van der Waals surface area contributed by atoms with Crippen LogP contribution in [-0.2, 0) is 17.8 Å². The molecule has 3 aromatic carbocycles. The molecule has 1 saturated heterocycles. The zero-order valence-corrected chi connectivity index (χ0v) is 25.1. The average molecular weight is 612 g/mol. The van der Waals surface area contributed by atoms with Gasteiger partial charge in [0.1, 0.15) is 10.8 Å². The molecule has 1 heterocycles. The van der Waals surface area contributed by atoms with Crippen LogP contribution in [0.5, 0.6) is 5.75 Å². The standard InChI is InChI=1S/C34H34Cl2F2N2O2/c1-20-4-2-6-23(31(20)35)19-40(25-11-12-25)34(41)30-26(16-24-17-39-18-27(24)30)22-9-7-21(8-10-22)5-3-15-42-33-29(38)14-13-28(37)32(33)36/h2,4,6-10,13-14,24-25,27,39H,3,5,11-12,15-19H2,1H3/t24-,27+/m0/s1. The van der Waals surface area contributed by atoms with Gasteiger partial charge in [0.15, 0.2) is 11.6 Å². The summed E-state index contributed by atoms with van der Waals surface area (Å²) in [6.07, 6.45) is 4.27. The Morgan fingerprint density at radius 1 is 1.00 bits per heavy atom. The molecule has 2 aliphatic carbocycles. The van der Waals surface area contributed by atoms with E-state index >= 15 is 0 Å². The number of fused-ring (bicyclic) bond motifs is 1. The van der Waals surface area contributed by atoms with Crippen LogP contribution in [0.25, 0.3) is 5.57 Å². The molecule has 0 spiro atoms. The third-order valence-corrected chi connectivity index (χ3v) is 9.65. The summed E-state index contributed by atoms with van der Waals surface area (Å²) >= 11 is 12.5. The summed E-state index contributed by atoms with van der Waals surface area (Å²) in [7, 11) is 0. The van der Waals surface area contributed by atoms with Crippen molar-refractivity contribution in [2.24, 2.45) is 11.8 Å². The lowest BCUT2D eigenvalue weighted by Gasteiger charge is -2.27. The highest BCUT2D eigenvalue weighted by atomic mass is 35.5. The van der Waals surface area contributed by atoms with E-state index < -0.39 is 11.6 Å². The molecule has 0 unspecified atom stereocenters. The highest BCUT2D eigenvalue weighted by Crippen LogP contribution is 2.46. The van der Waals surface area contributed by atoms with Crippen LogP contribution in [0.1, 0.15) is 47.9 Å². The van der Waals surface area contributed by atoms with E-state index in [1.807, 2.05) is 25.1 Å². The van der Waals surface area contributed by atoms with Crippen molar-refractivity contribution in [3.63, 3.8) is 0 Å². The molecule has 2 fully saturated rings. The summed E-state index contributed by atoms with van der Waals surface area (Å²) < 4.78 is 33.1. The number of benzene rings is 3. The normalized spacial score (nSPS) is 19.7. The topological polar surface area (TPSA) is 41.6 Å². The molecule has 2 atom stereocenters. The maximum Gasteiger partial charge on any atom is 0.250 e. The van der Waals surface area contributed by atoms with Crippen molar-refractivity contribution in [2.75, 3.05) is 19.7 Å². The van der Waals surface area contributed by atoms with Crippen molar-refractivity contribution >= 4 is 34.7 Å². The molecule has 0 radical (unpaired) electrons. The number of hydrogen-bond donors (Lipinski definition) is 1. The van der Waals surface area contributed by atoms with E-state index in [4.69, 9.17) is 27.9 Å². The SMILES string of the molecule is Cc1cccc(CN(C(=O)C2=C(c3ccc(CCCOc4c(F)ccc(F)c4Cl)cc3)C[C@H]3CNC[C@@H]23)C2CC2)c1Cl. The second-order valence-electron chi connectivity index (χ2n) is 11.7. The van der Waals surface area contributed by atoms with Crippen molar-refractivity contribution in [3.05, 3.63) is 104 Å². The van der Waals surface area contributed by atoms with Crippen LogP contribution in [-0.4, -0.2) is 36.5 Å². The number of amides is 1. The number of nitrogens with zero attached hydrogens (tertiary/aromatic N) is 1. The van der Waals surface area contributed by atoms with Gasteiger partial charge in [-0.05, 0) is 91.5 Å². The van der Waals surface area contributed by atoms with E-state index in [0.717, 1.165) is 82.9 Å². The predicted molar refractivity (Wildman–Crippen MR) is 163 cm³/mol. The number of halogens is 4. The van der Waals surface area contributed by atoms with Gasteiger partial charge in [-0.15, -0.1) is 0 Å². The molecule has 8 heteroatoms. The number of ether oxygens (including phenoxy) is 1. The highest BCUT2D eigenvalue weighted by molar-refractivity contribution is 6.32. The monoisotopic (exact) mass is 610 g/mol. The molecule has 0 bridgehead atoms. The minimum atomic E-state index is -0.707. The molecule has 1 N–H and O–H groups in total. The molecule has 220 valence electrons. The molecule has 1 saturated carbocycles. The summed E-state index contributed by atoms with van der Waals surface area (Å²) in [5.41, 5.74) is 6.32. The Kier molecular flexibility index (Phi) is 8.58. The smallest absolute Gasteiger partial charge is 0.250 e. The van der Waals surface area contributed by atoms with Gasteiger partial charge in [0.25, 0.3) is 5.91 Å². The van der Waals surface area contributed by atoms with Gasteiger partial charge < -0.3 is 15.0 Å². The van der Waals surface area contributed by atoms with Gasteiger partial charge in [-0.2, -0.15) is 0 Å². The molecule has 6 rings (SSSR count). The number of allylic oxidation sites excluding steroid dienone is 1. The quantitative estimate of drug-likeness (QED) is 0.188. The van der Waals surface area contributed by atoms with E-state index in [1.54, 1.807) is 0 Å². The molecular weight excluding hydrogens is 577 g/mol. The lowest BCUT2D eigenvalue weighted by molar-refractivity contribution is -0.128. The molecule has 1 aliphatic heterocycles. The summed E-state index contributed by atoms with van der Waals surface area (Å²) in [5, 5.41) is 3.90. The van der Waals surface area contributed by atoms with Crippen molar-refractivity contribution in [3.8, 4) is 5.75 Å². The number of hydrogen-bond acceptors (Lipinski definition) is 3. The number of aryl methyl sites for hydroxylation is 2. The average Bonchev–Trinajstić information content (AvgIpc) is 3.61. The largest absolute Gasteiger partial charge is 0.489 e. The van der Waals surface area contributed by atoms with Gasteiger partial charge >= 0.3 is 0 Å². The molecule has 0 aromatic heterocycles. The summed E-state index contributed by atoms with van der Waals surface area (Å²) in [6.45, 7) is 4.48. The van der Waals surface area contributed by atoms with E-state index in [1.165, 1.54) is 0 Å². The van der Waals surface area contributed by atoms with Crippen LogP contribution in [0.15, 0.2) is 60.2 Å². The third-order valence-electron chi connectivity index (χ3n) is 8.75. The molecule has 1 amide bonds. The molecular formula is C34H34Cl2F2N2O2. The number of carbonyl (C=O) groups excluding carboxylic acids is 1. The maximum atomic E-state index is 14.3. The second kappa shape index (κ2) is 12.4. The predicted octanol–water partition coefficient (Wildman–Crippen LogP) is 7.78. The maximum absolute atomic E-state index is 14.3. The van der Waals surface area contributed by atoms with Gasteiger partial charge in [0, 0.05) is 35.6 Å². The molecule has 3 aromatic rings. The second-order valence-corrected chi connectivity index (χ2v) is 12.4. The van der Waals surface area contributed by atoms with Crippen LogP contribution < -0.4 is 10.1 Å².